The average Bonchev–Trinajstić information content (AvgIpc) is 3.02. The van der Waals surface area contributed by atoms with Crippen LogP contribution in [0, 0.1) is 5.92 Å². The number of nitrogens with zero attached hydrogens (tertiary/aromatic N) is 3. The van der Waals surface area contributed by atoms with E-state index in [1.165, 1.54) is 0 Å². The van der Waals surface area contributed by atoms with Crippen LogP contribution in [-0.2, 0) is 17.9 Å². The summed E-state index contributed by atoms with van der Waals surface area (Å²) in [5, 5.41) is 12.7. The van der Waals surface area contributed by atoms with E-state index in [4.69, 9.17) is 0 Å². The SMILES string of the molecule is CC(C)C(NC(=O)CCn1c(CO)nc2ccccc21)c1cccnc1. The van der Waals surface area contributed by atoms with Gasteiger partial charge in [-0.3, -0.25) is 9.78 Å². The van der Waals surface area contributed by atoms with Crippen LogP contribution in [0.15, 0.2) is 48.8 Å². The molecule has 6 nitrogen and oxygen atoms in total. The van der Waals surface area contributed by atoms with Gasteiger partial charge in [0.1, 0.15) is 12.4 Å². The van der Waals surface area contributed by atoms with Crippen molar-refractivity contribution in [1.82, 2.24) is 19.9 Å². The van der Waals surface area contributed by atoms with E-state index in [-0.39, 0.29) is 24.5 Å². The Morgan fingerprint density at radius 2 is 2.04 bits per heavy atom. The third kappa shape index (κ3) is 3.91. The third-order valence-corrected chi connectivity index (χ3v) is 4.46. The lowest BCUT2D eigenvalue weighted by molar-refractivity contribution is -0.122. The molecule has 0 aliphatic heterocycles. The van der Waals surface area contributed by atoms with E-state index in [0.29, 0.717) is 18.8 Å². The van der Waals surface area contributed by atoms with Crippen molar-refractivity contribution in [3.63, 3.8) is 0 Å². The molecular formula is C20H24N4O2. The second kappa shape index (κ2) is 8.10. The molecule has 2 aromatic heterocycles. The number of para-hydroxylation sites is 2. The molecule has 0 spiro atoms. The van der Waals surface area contributed by atoms with Crippen LogP contribution in [0.1, 0.15) is 37.7 Å². The van der Waals surface area contributed by atoms with Crippen LogP contribution in [0.2, 0.25) is 0 Å². The van der Waals surface area contributed by atoms with Gasteiger partial charge < -0.3 is 15.0 Å². The van der Waals surface area contributed by atoms with Crippen LogP contribution < -0.4 is 5.32 Å². The molecule has 0 bridgehead atoms. The number of amides is 1. The van der Waals surface area contributed by atoms with Gasteiger partial charge in [0.05, 0.1) is 17.1 Å². The van der Waals surface area contributed by atoms with Crippen molar-refractivity contribution in [2.75, 3.05) is 0 Å². The number of aryl methyl sites for hydroxylation is 1. The summed E-state index contributed by atoms with van der Waals surface area (Å²) >= 11 is 0. The van der Waals surface area contributed by atoms with E-state index in [1.54, 1.807) is 12.4 Å². The number of aliphatic hydroxyl groups is 1. The molecule has 0 saturated heterocycles. The summed E-state index contributed by atoms with van der Waals surface area (Å²) in [4.78, 5) is 21.1. The standard InChI is InChI=1S/C20H24N4O2/c1-14(2)20(15-6-5-10-21-12-15)23-19(26)9-11-24-17-8-4-3-7-16(17)22-18(24)13-25/h3-8,10,12,14,20,25H,9,11,13H2,1-2H3,(H,23,26). The highest BCUT2D eigenvalue weighted by atomic mass is 16.3. The first-order valence-electron chi connectivity index (χ1n) is 8.84. The Labute approximate surface area is 152 Å². The van der Waals surface area contributed by atoms with Gasteiger partial charge in [-0.05, 0) is 29.7 Å². The first-order chi connectivity index (χ1) is 12.6. The number of hydrogen-bond donors (Lipinski definition) is 2. The molecule has 6 heteroatoms. The topological polar surface area (TPSA) is 80.0 Å². The number of imidazole rings is 1. The van der Waals surface area contributed by atoms with Gasteiger partial charge in [-0.25, -0.2) is 4.98 Å². The maximum absolute atomic E-state index is 12.5. The van der Waals surface area contributed by atoms with Crippen molar-refractivity contribution in [3.8, 4) is 0 Å². The minimum Gasteiger partial charge on any atom is -0.388 e. The molecule has 136 valence electrons. The van der Waals surface area contributed by atoms with Gasteiger partial charge >= 0.3 is 0 Å². The average molecular weight is 352 g/mol. The summed E-state index contributed by atoms with van der Waals surface area (Å²) in [6.45, 7) is 4.47. The molecule has 3 aromatic rings. The molecule has 1 atom stereocenters. The molecule has 0 fully saturated rings. The van der Waals surface area contributed by atoms with Crippen LogP contribution in [-0.4, -0.2) is 25.5 Å². The molecule has 0 radical (unpaired) electrons. The number of fused-ring (bicyclic) bond motifs is 1. The fraction of sp³-hybridized carbons (Fsp3) is 0.350. The summed E-state index contributed by atoms with van der Waals surface area (Å²) in [5.41, 5.74) is 2.75. The van der Waals surface area contributed by atoms with Gasteiger partial charge in [0, 0.05) is 25.4 Å². The Hall–Kier alpha value is -2.73. The zero-order valence-electron chi connectivity index (χ0n) is 15.1. The number of carbonyl (C=O) groups is 1. The molecule has 0 aliphatic carbocycles. The van der Waals surface area contributed by atoms with Gasteiger partial charge in [0.25, 0.3) is 0 Å². The van der Waals surface area contributed by atoms with Crippen LogP contribution >= 0.6 is 0 Å². The highest BCUT2D eigenvalue weighted by Crippen LogP contribution is 2.21. The number of aliphatic hydroxyl groups excluding tert-OH is 1. The van der Waals surface area contributed by atoms with E-state index < -0.39 is 0 Å². The lowest BCUT2D eigenvalue weighted by Crippen LogP contribution is -2.32. The van der Waals surface area contributed by atoms with Gasteiger partial charge in [-0.15, -0.1) is 0 Å². The Balaban J connectivity index is 1.71. The van der Waals surface area contributed by atoms with Crippen molar-refractivity contribution in [3.05, 3.63) is 60.2 Å². The second-order valence-electron chi connectivity index (χ2n) is 6.65. The highest BCUT2D eigenvalue weighted by molar-refractivity contribution is 5.78. The summed E-state index contributed by atoms with van der Waals surface area (Å²) in [5.74, 6) is 0.797. The van der Waals surface area contributed by atoms with E-state index in [1.807, 2.05) is 41.0 Å². The zero-order chi connectivity index (χ0) is 18.5. The molecule has 2 heterocycles. The van der Waals surface area contributed by atoms with E-state index >= 15 is 0 Å². The number of rotatable bonds is 7. The number of hydrogen-bond acceptors (Lipinski definition) is 4. The Kier molecular flexibility index (Phi) is 5.63. The molecule has 2 N–H and O–H groups in total. The number of pyridine rings is 1. The van der Waals surface area contributed by atoms with Gasteiger partial charge in [0.15, 0.2) is 0 Å². The first-order valence-corrected chi connectivity index (χ1v) is 8.84. The van der Waals surface area contributed by atoms with Gasteiger partial charge in [-0.2, -0.15) is 0 Å². The van der Waals surface area contributed by atoms with Crippen molar-refractivity contribution in [2.24, 2.45) is 5.92 Å². The number of aromatic nitrogens is 3. The summed E-state index contributed by atoms with van der Waals surface area (Å²) < 4.78 is 1.91. The van der Waals surface area contributed by atoms with Crippen LogP contribution in [0.4, 0.5) is 0 Å². The predicted octanol–water partition coefficient (Wildman–Crippen LogP) is 2.83. The van der Waals surface area contributed by atoms with E-state index in [0.717, 1.165) is 16.6 Å². The summed E-state index contributed by atoms with van der Waals surface area (Å²) in [6, 6.07) is 11.5. The largest absolute Gasteiger partial charge is 0.388 e. The van der Waals surface area contributed by atoms with Gasteiger partial charge in [-0.1, -0.05) is 32.0 Å². The Bertz CT molecular complexity index is 874. The molecule has 1 unspecified atom stereocenters. The van der Waals surface area contributed by atoms with E-state index in [2.05, 4.69) is 29.1 Å². The Morgan fingerprint density at radius 3 is 2.73 bits per heavy atom. The van der Waals surface area contributed by atoms with Crippen molar-refractivity contribution in [1.29, 1.82) is 0 Å². The fourth-order valence-electron chi connectivity index (χ4n) is 3.15. The lowest BCUT2D eigenvalue weighted by Gasteiger charge is -2.22. The van der Waals surface area contributed by atoms with Crippen LogP contribution in [0.25, 0.3) is 11.0 Å². The van der Waals surface area contributed by atoms with E-state index in [9.17, 15) is 9.90 Å². The van der Waals surface area contributed by atoms with Gasteiger partial charge in [0.2, 0.25) is 5.91 Å². The molecule has 0 aliphatic rings. The minimum absolute atomic E-state index is 0.0331. The summed E-state index contributed by atoms with van der Waals surface area (Å²) in [7, 11) is 0. The quantitative estimate of drug-likeness (QED) is 0.685. The third-order valence-electron chi connectivity index (χ3n) is 4.46. The molecule has 0 saturated carbocycles. The maximum Gasteiger partial charge on any atom is 0.222 e. The Morgan fingerprint density at radius 1 is 1.23 bits per heavy atom. The van der Waals surface area contributed by atoms with Crippen LogP contribution in [0.3, 0.4) is 0 Å². The van der Waals surface area contributed by atoms with Crippen molar-refractivity contribution < 1.29 is 9.90 Å². The van der Waals surface area contributed by atoms with Crippen molar-refractivity contribution in [2.45, 2.75) is 39.5 Å². The first kappa shape index (κ1) is 18.1. The predicted molar refractivity (Wildman–Crippen MR) is 100 cm³/mol. The number of nitrogens with one attached hydrogen (secondary N) is 1. The van der Waals surface area contributed by atoms with Crippen molar-refractivity contribution >= 4 is 16.9 Å². The smallest absolute Gasteiger partial charge is 0.222 e. The number of benzene rings is 1. The second-order valence-corrected chi connectivity index (χ2v) is 6.65. The highest BCUT2D eigenvalue weighted by Gasteiger charge is 2.19. The number of carbonyl (C=O) groups excluding carboxylic acids is 1. The minimum atomic E-state index is -0.152. The molecular weight excluding hydrogens is 328 g/mol. The molecule has 1 amide bonds. The van der Waals surface area contributed by atoms with Crippen LogP contribution in [0.5, 0.6) is 0 Å². The maximum atomic E-state index is 12.5. The molecule has 1 aromatic carbocycles. The lowest BCUT2D eigenvalue weighted by atomic mass is 9.97. The summed E-state index contributed by atoms with van der Waals surface area (Å²) in [6.07, 6.45) is 3.83. The fourth-order valence-corrected chi connectivity index (χ4v) is 3.15. The normalized spacial score (nSPS) is 12.5. The molecule has 3 rings (SSSR count). The monoisotopic (exact) mass is 352 g/mol. The molecule has 26 heavy (non-hydrogen) atoms. The zero-order valence-corrected chi connectivity index (χ0v) is 15.1.